The minimum Gasteiger partial charge on any atom is -0.485 e. The Morgan fingerprint density at radius 2 is 2.10 bits per heavy atom. The largest absolute Gasteiger partial charge is 0.485 e. The number of hydrogen-bond acceptors (Lipinski definition) is 5. The molecule has 1 aromatic carbocycles. The molecule has 1 atom stereocenters. The number of primary amides is 1. The smallest absolute Gasteiger partial charge is 0.222 e. The summed E-state index contributed by atoms with van der Waals surface area (Å²) in [6, 6.07) is 13.4. The number of carbonyl (C=O) groups excluding carboxylic acids is 1. The van der Waals surface area contributed by atoms with Crippen molar-refractivity contribution >= 4 is 34.5 Å². The fourth-order valence-electron chi connectivity index (χ4n) is 3.31. The summed E-state index contributed by atoms with van der Waals surface area (Å²) in [7, 11) is 0. The highest BCUT2D eigenvalue weighted by Gasteiger charge is 2.19. The second kappa shape index (κ2) is 8.47. The van der Waals surface area contributed by atoms with Gasteiger partial charge in [-0.25, -0.2) is 4.98 Å². The maximum Gasteiger partial charge on any atom is 0.222 e. The van der Waals surface area contributed by atoms with Gasteiger partial charge in [0.15, 0.2) is 0 Å². The fourth-order valence-corrected chi connectivity index (χ4v) is 4.70. The second-order valence-corrected chi connectivity index (χ2v) is 8.48. The third-order valence-electron chi connectivity index (χ3n) is 4.81. The molecule has 1 amide bonds. The summed E-state index contributed by atoms with van der Waals surface area (Å²) in [4.78, 5) is 17.8. The number of carbonyl (C=O) groups is 1. The number of ether oxygens (including phenoxy) is 1. The van der Waals surface area contributed by atoms with Crippen LogP contribution >= 0.6 is 22.9 Å². The van der Waals surface area contributed by atoms with Crippen LogP contribution in [-0.4, -0.2) is 15.3 Å². The molecule has 4 rings (SSSR count). The van der Waals surface area contributed by atoms with Gasteiger partial charge in [-0.05, 0) is 24.6 Å². The third kappa shape index (κ3) is 4.05. The van der Waals surface area contributed by atoms with E-state index in [-0.39, 0.29) is 12.5 Å². The van der Waals surface area contributed by atoms with Crippen LogP contribution in [0, 0.1) is 0 Å². The number of benzene rings is 1. The predicted octanol–water partition coefficient (Wildman–Crippen LogP) is 4.34. The van der Waals surface area contributed by atoms with E-state index in [1.54, 1.807) is 6.20 Å². The Morgan fingerprint density at radius 1 is 1.30 bits per heavy atom. The summed E-state index contributed by atoms with van der Waals surface area (Å²) in [5, 5.41) is 0.632. The lowest BCUT2D eigenvalue weighted by Crippen LogP contribution is -2.13. The second-order valence-electron chi connectivity index (χ2n) is 6.94. The zero-order valence-corrected chi connectivity index (χ0v) is 17.9. The van der Waals surface area contributed by atoms with E-state index in [2.05, 4.69) is 4.98 Å². The van der Waals surface area contributed by atoms with Crippen molar-refractivity contribution in [1.82, 2.24) is 9.38 Å². The number of nitrogens with two attached hydrogens (primary N) is 2. The minimum absolute atomic E-state index is 0.0973. The van der Waals surface area contributed by atoms with Crippen LogP contribution in [0.25, 0.3) is 16.2 Å². The molecular formula is C22H21ClN4O2S. The normalized spacial score (nSPS) is 12.2. The van der Waals surface area contributed by atoms with Gasteiger partial charge in [-0.1, -0.05) is 35.9 Å². The zero-order valence-electron chi connectivity index (χ0n) is 16.3. The standard InChI is InChI=1S/C22H21ClN4O2S/c1-13(15-4-2-3-5-16(15)23)29-18-8-19(30-20(18)9-21(25)28)17-11-26-22-7-6-14(10-24)12-27(17)22/h2-8,11-13H,9-10,24H2,1H3,(H2,25,28)/t13-/m1/s1. The van der Waals surface area contributed by atoms with E-state index >= 15 is 0 Å². The number of fused-ring (bicyclic) bond motifs is 1. The Hall–Kier alpha value is -2.87. The van der Waals surface area contributed by atoms with E-state index in [1.165, 1.54) is 11.3 Å². The van der Waals surface area contributed by atoms with Crippen LogP contribution < -0.4 is 16.2 Å². The van der Waals surface area contributed by atoms with Crippen LogP contribution in [0.5, 0.6) is 5.75 Å². The summed E-state index contributed by atoms with van der Waals surface area (Å²) in [5.74, 6) is 0.202. The van der Waals surface area contributed by atoms with Crippen LogP contribution in [-0.2, 0) is 17.8 Å². The Balaban J connectivity index is 1.74. The Kier molecular flexibility index (Phi) is 5.76. The van der Waals surface area contributed by atoms with E-state index < -0.39 is 5.91 Å². The quantitative estimate of drug-likeness (QED) is 0.446. The number of aromatic nitrogens is 2. The van der Waals surface area contributed by atoms with E-state index in [0.29, 0.717) is 17.3 Å². The molecule has 0 spiro atoms. The van der Waals surface area contributed by atoms with E-state index in [4.69, 9.17) is 27.8 Å². The molecule has 0 saturated heterocycles. The molecule has 4 aromatic rings. The van der Waals surface area contributed by atoms with Gasteiger partial charge >= 0.3 is 0 Å². The first-order chi connectivity index (χ1) is 14.5. The molecule has 0 saturated carbocycles. The van der Waals surface area contributed by atoms with Gasteiger partial charge in [-0.15, -0.1) is 11.3 Å². The van der Waals surface area contributed by atoms with Crippen molar-refractivity contribution in [3.05, 3.63) is 75.9 Å². The number of nitrogens with zero attached hydrogens (tertiary/aromatic N) is 2. The van der Waals surface area contributed by atoms with Gasteiger partial charge in [0.25, 0.3) is 0 Å². The zero-order chi connectivity index (χ0) is 21.3. The molecule has 0 aliphatic carbocycles. The molecule has 3 heterocycles. The molecule has 4 N–H and O–H groups in total. The molecular weight excluding hydrogens is 420 g/mol. The number of rotatable bonds is 7. The topological polar surface area (TPSA) is 95.6 Å². The summed E-state index contributed by atoms with van der Waals surface area (Å²) in [6.07, 6.45) is 3.58. The van der Waals surface area contributed by atoms with Gasteiger partial charge < -0.3 is 16.2 Å². The molecule has 0 unspecified atom stereocenters. The molecule has 154 valence electrons. The number of pyridine rings is 1. The average molecular weight is 441 g/mol. The maximum atomic E-state index is 11.6. The maximum absolute atomic E-state index is 11.6. The van der Waals surface area contributed by atoms with Crippen LogP contribution in [0.15, 0.2) is 54.9 Å². The molecule has 30 heavy (non-hydrogen) atoms. The van der Waals surface area contributed by atoms with Gasteiger partial charge in [0, 0.05) is 29.4 Å². The van der Waals surface area contributed by atoms with Crippen molar-refractivity contribution in [3.63, 3.8) is 0 Å². The molecule has 0 radical (unpaired) electrons. The lowest BCUT2D eigenvalue weighted by molar-refractivity contribution is -0.117. The van der Waals surface area contributed by atoms with Crippen LogP contribution in [0.4, 0.5) is 0 Å². The first-order valence-corrected chi connectivity index (χ1v) is 10.6. The van der Waals surface area contributed by atoms with Gasteiger partial charge in [0.05, 0.1) is 28.1 Å². The highest BCUT2D eigenvalue weighted by atomic mass is 35.5. The highest BCUT2D eigenvalue weighted by Crippen LogP contribution is 2.39. The van der Waals surface area contributed by atoms with E-state index in [0.717, 1.165) is 32.2 Å². The van der Waals surface area contributed by atoms with Gasteiger partial charge in [-0.2, -0.15) is 0 Å². The summed E-state index contributed by atoms with van der Waals surface area (Å²) in [6.45, 7) is 2.36. The Bertz CT molecular complexity index is 1220. The summed E-state index contributed by atoms with van der Waals surface area (Å²) >= 11 is 7.78. The average Bonchev–Trinajstić information content (AvgIpc) is 3.31. The van der Waals surface area contributed by atoms with E-state index in [1.807, 2.05) is 60.0 Å². The summed E-state index contributed by atoms with van der Waals surface area (Å²) < 4.78 is 8.21. The number of halogens is 1. The number of imidazole rings is 1. The molecule has 0 fully saturated rings. The van der Waals surface area contributed by atoms with Crippen LogP contribution in [0.2, 0.25) is 5.02 Å². The van der Waals surface area contributed by atoms with Gasteiger partial charge in [-0.3, -0.25) is 9.20 Å². The number of thiophene rings is 1. The third-order valence-corrected chi connectivity index (χ3v) is 6.29. The first-order valence-electron chi connectivity index (χ1n) is 9.44. The van der Waals surface area contributed by atoms with Crippen molar-refractivity contribution in [2.45, 2.75) is 26.0 Å². The van der Waals surface area contributed by atoms with Crippen LogP contribution in [0.1, 0.15) is 29.0 Å². The molecule has 6 nitrogen and oxygen atoms in total. The number of amides is 1. The molecule has 0 bridgehead atoms. The molecule has 8 heteroatoms. The molecule has 3 aromatic heterocycles. The van der Waals surface area contributed by atoms with Crippen molar-refractivity contribution in [2.24, 2.45) is 11.5 Å². The van der Waals surface area contributed by atoms with Crippen molar-refractivity contribution in [2.75, 3.05) is 0 Å². The molecule has 0 aliphatic rings. The van der Waals surface area contributed by atoms with Crippen LogP contribution in [0.3, 0.4) is 0 Å². The van der Waals surface area contributed by atoms with Crippen molar-refractivity contribution in [3.8, 4) is 16.3 Å². The van der Waals surface area contributed by atoms with Crippen molar-refractivity contribution in [1.29, 1.82) is 0 Å². The Morgan fingerprint density at radius 3 is 2.83 bits per heavy atom. The summed E-state index contributed by atoms with van der Waals surface area (Å²) in [5.41, 5.74) is 14.9. The first kappa shape index (κ1) is 20.4. The van der Waals surface area contributed by atoms with Gasteiger partial charge in [0.1, 0.15) is 17.5 Å². The lowest BCUT2D eigenvalue weighted by atomic mass is 10.1. The number of hydrogen-bond donors (Lipinski definition) is 2. The minimum atomic E-state index is -0.415. The van der Waals surface area contributed by atoms with Crippen molar-refractivity contribution < 1.29 is 9.53 Å². The molecule has 0 aliphatic heterocycles. The van der Waals surface area contributed by atoms with E-state index in [9.17, 15) is 4.79 Å². The predicted molar refractivity (Wildman–Crippen MR) is 120 cm³/mol. The lowest BCUT2D eigenvalue weighted by Gasteiger charge is -2.16. The fraction of sp³-hybridized carbons (Fsp3) is 0.182. The highest BCUT2D eigenvalue weighted by molar-refractivity contribution is 7.15. The Labute approximate surface area is 183 Å². The monoisotopic (exact) mass is 440 g/mol. The van der Waals surface area contributed by atoms with Gasteiger partial charge in [0.2, 0.25) is 5.91 Å². The SMILES string of the molecule is C[C@@H](Oc1cc(-c2cnc3ccc(CN)cn23)sc1CC(N)=O)c1ccccc1Cl.